The van der Waals surface area contributed by atoms with Crippen LogP contribution in [0.2, 0.25) is 0 Å². The Labute approximate surface area is 149 Å². The number of ether oxygens (including phenoxy) is 2. The van der Waals surface area contributed by atoms with E-state index < -0.39 is 23.8 Å². The molecule has 0 spiro atoms. The van der Waals surface area contributed by atoms with Gasteiger partial charge in [-0.05, 0) is 34.1 Å². The molecule has 1 atom stereocenters. The van der Waals surface area contributed by atoms with Crippen molar-refractivity contribution in [1.29, 1.82) is 0 Å². The zero-order valence-electron chi connectivity index (χ0n) is 16.3. The molecule has 25 heavy (non-hydrogen) atoms. The number of alkyl halides is 1. The molecule has 1 heterocycles. The normalized spacial score (nSPS) is 19.6. The summed E-state index contributed by atoms with van der Waals surface area (Å²) in [7, 11) is 3.19. The molecule has 7 nitrogen and oxygen atoms in total. The number of rotatable bonds is 3. The summed E-state index contributed by atoms with van der Waals surface area (Å²) in [4.78, 5) is 36.6. The largest absolute Gasteiger partial charge is 0.466 e. The summed E-state index contributed by atoms with van der Waals surface area (Å²) in [6.45, 7) is 8.63. The van der Waals surface area contributed by atoms with E-state index in [1.165, 1.54) is 16.7 Å². The van der Waals surface area contributed by atoms with Gasteiger partial charge in [0.25, 0.3) is 0 Å². The zero-order chi connectivity index (χ0) is 19.8. The van der Waals surface area contributed by atoms with Crippen LogP contribution in [0.4, 0.5) is 9.18 Å². The van der Waals surface area contributed by atoms with E-state index in [1.807, 2.05) is 0 Å². The van der Waals surface area contributed by atoms with Crippen LogP contribution in [0.3, 0.4) is 0 Å². The van der Waals surface area contributed by atoms with E-state index in [0.29, 0.717) is 19.6 Å². The minimum atomic E-state index is -1.11. The van der Waals surface area contributed by atoms with Crippen LogP contribution in [-0.2, 0) is 19.1 Å². The highest BCUT2D eigenvalue weighted by Gasteiger charge is 2.47. The van der Waals surface area contributed by atoms with Crippen molar-refractivity contribution in [3.8, 4) is 0 Å². The number of hydrogen-bond donors (Lipinski definition) is 0. The van der Waals surface area contributed by atoms with Crippen molar-refractivity contribution in [1.82, 2.24) is 9.80 Å². The molecule has 0 aliphatic carbocycles. The van der Waals surface area contributed by atoms with Gasteiger partial charge in [0.1, 0.15) is 12.3 Å². The van der Waals surface area contributed by atoms with E-state index in [4.69, 9.17) is 4.74 Å². The Hall–Kier alpha value is -1.86. The fraction of sp³-hybridized carbons (Fsp3) is 0.824. The lowest BCUT2D eigenvalue weighted by molar-refractivity contribution is -0.141. The van der Waals surface area contributed by atoms with Crippen molar-refractivity contribution in [3.05, 3.63) is 0 Å². The summed E-state index contributed by atoms with van der Waals surface area (Å²) >= 11 is 0. The summed E-state index contributed by atoms with van der Waals surface area (Å²) in [6, 6.07) is 0. The SMILES string of the molecule is CCOC(C)=O.CN(C)C(=O)C1(CF)CCN(C(=O)OC(C)(C)C)C1. The lowest BCUT2D eigenvalue weighted by Gasteiger charge is -2.29. The van der Waals surface area contributed by atoms with Gasteiger partial charge in [0, 0.05) is 34.1 Å². The van der Waals surface area contributed by atoms with E-state index in [2.05, 4.69) is 4.74 Å². The highest BCUT2D eigenvalue weighted by Crippen LogP contribution is 2.33. The van der Waals surface area contributed by atoms with E-state index >= 15 is 0 Å². The van der Waals surface area contributed by atoms with Crippen molar-refractivity contribution in [2.24, 2.45) is 5.41 Å². The van der Waals surface area contributed by atoms with Crippen molar-refractivity contribution < 1.29 is 28.2 Å². The quantitative estimate of drug-likeness (QED) is 0.720. The second kappa shape index (κ2) is 9.58. The molecule has 0 radical (unpaired) electrons. The molecule has 0 aromatic heterocycles. The predicted octanol–water partition coefficient (Wildman–Crippen LogP) is 2.24. The van der Waals surface area contributed by atoms with E-state index in [-0.39, 0.29) is 18.4 Å². The van der Waals surface area contributed by atoms with Crippen LogP contribution >= 0.6 is 0 Å². The number of amides is 2. The Kier molecular flexibility index (Phi) is 8.87. The molecule has 1 aliphatic heterocycles. The third kappa shape index (κ3) is 7.70. The molecule has 0 bridgehead atoms. The number of carbonyl (C=O) groups is 3. The van der Waals surface area contributed by atoms with Gasteiger partial charge in [0.05, 0.1) is 12.0 Å². The van der Waals surface area contributed by atoms with Gasteiger partial charge >= 0.3 is 12.1 Å². The first kappa shape index (κ1) is 23.1. The molecule has 1 unspecified atom stereocenters. The summed E-state index contributed by atoms with van der Waals surface area (Å²) in [6.07, 6.45) is -0.158. The topological polar surface area (TPSA) is 76.2 Å². The summed E-state index contributed by atoms with van der Waals surface area (Å²) in [5.41, 5.74) is -1.70. The highest BCUT2D eigenvalue weighted by atomic mass is 19.1. The third-order valence-electron chi connectivity index (χ3n) is 3.47. The number of nitrogens with zero attached hydrogens (tertiary/aromatic N) is 2. The van der Waals surface area contributed by atoms with Gasteiger partial charge in [-0.2, -0.15) is 0 Å². The molecule has 1 aliphatic rings. The Morgan fingerprint density at radius 3 is 2.12 bits per heavy atom. The summed E-state index contributed by atoms with van der Waals surface area (Å²) in [5, 5.41) is 0. The Morgan fingerprint density at radius 2 is 1.80 bits per heavy atom. The molecular weight excluding hydrogens is 331 g/mol. The molecule has 0 N–H and O–H groups in total. The molecule has 0 aromatic carbocycles. The maximum atomic E-state index is 13.3. The molecule has 0 saturated carbocycles. The number of carbonyl (C=O) groups excluding carboxylic acids is 3. The third-order valence-corrected chi connectivity index (χ3v) is 3.47. The van der Waals surface area contributed by atoms with E-state index in [9.17, 15) is 18.8 Å². The van der Waals surface area contributed by atoms with Gasteiger partial charge in [0.2, 0.25) is 5.91 Å². The van der Waals surface area contributed by atoms with Crippen LogP contribution < -0.4 is 0 Å². The molecule has 2 amide bonds. The number of esters is 1. The lowest BCUT2D eigenvalue weighted by Crippen LogP contribution is -2.45. The van der Waals surface area contributed by atoms with Crippen molar-refractivity contribution >= 4 is 18.0 Å². The molecular formula is C17H31FN2O5. The minimum absolute atomic E-state index is 0.0788. The van der Waals surface area contributed by atoms with Crippen LogP contribution in [-0.4, -0.2) is 73.8 Å². The van der Waals surface area contributed by atoms with Crippen LogP contribution in [0.15, 0.2) is 0 Å². The first-order valence-corrected chi connectivity index (χ1v) is 8.27. The van der Waals surface area contributed by atoms with Gasteiger partial charge in [-0.1, -0.05) is 0 Å². The van der Waals surface area contributed by atoms with Crippen molar-refractivity contribution in [3.63, 3.8) is 0 Å². The average molecular weight is 362 g/mol. The van der Waals surface area contributed by atoms with Gasteiger partial charge in [-0.15, -0.1) is 0 Å². The smallest absolute Gasteiger partial charge is 0.410 e. The second-order valence-corrected chi connectivity index (χ2v) is 7.19. The number of likely N-dealkylation sites (tertiary alicyclic amines) is 1. The maximum Gasteiger partial charge on any atom is 0.410 e. The monoisotopic (exact) mass is 362 g/mol. The number of hydrogen-bond acceptors (Lipinski definition) is 5. The van der Waals surface area contributed by atoms with E-state index in [0.717, 1.165) is 0 Å². The minimum Gasteiger partial charge on any atom is -0.466 e. The van der Waals surface area contributed by atoms with Crippen molar-refractivity contribution in [2.45, 2.75) is 46.6 Å². The van der Waals surface area contributed by atoms with E-state index in [1.54, 1.807) is 41.8 Å². The van der Waals surface area contributed by atoms with Crippen LogP contribution in [0, 0.1) is 5.41 Å². The molecule has 8 heteroatoms. The zero-order valence-corrected chi connectivity index (χ0v) is 16.3. The van der Waals surface area contributed by atoms with Crippen molar-refractivity contribution in [2.75, 3.05) is 40.5 Å². The molecule has 1 fully saturated rings. The number of halogens is 1. The molecule has 1 saturated heterocycles. The molecule has 1 rings (SSSR count). The predicted molar refractivity (Wildman–Crippen MR) is 91.8 cm³/mol. The Balaban J connectivity index is 0.000000823. The maximum absolute atomic E-state index is 13.3. The van der Waals surface area contributed by atoms with Gasteiger partial charge in [-0.3, -0.25) is 9.59 Å². The summed E-state index contributed by atoms with van der Waals surface area (Å²) < 4.78 is 23.0. The lowest BCUT2D eigenvalue weighted by atomic mass is 9.87. The first-order valence-electron chi connectivity index (χ1n) is 8.27. The Morgan fingerprint density at radius 1 is 1.24 bits per heavy atom. The Bertz CT molecular complexity index is 476. The molecule has 146 valence electrons. The van der Waals surface area contributed by atoms with Gasteiger partial charge in [0.15, 0.2) is 0 Å². The van der Waals surface area contributed by atoms with Gasteiger partial charge in [-0.25, -0.2) is 9.18 Å². The first-order chi connectivity index (χ1) is 11.4. The van der Waals surface area contributed by atoms with Crippen LogP contribution in [0.25, 0.3) is 0 Å². The summed E-state index contributed by atoms with van der Waals surface area (Å²) in [5.74, 6) is -0.487. The second-order valence-electron chi connectivity index (χ2n) is 7.19. The standard InChI is InChI=1S/C13H23FN2O3.C4H8O2/c1-12(2,3)19-11(18)16-7-6-13(8-14,9-16)10(17)15(4)5;1-3-6-4(2)5/h6-9H2,1-5H3;3H2,1-2H3. The highest BCUT2D eigenvalue weighted by molar-refractivity contribution is 5.84. The molecule has 0 aromatic rings. The fourth-order valence-corrected chi connectivity index (χ4v) is 2.37. The van der Waals surface area contributed by atoms with Crippen LogP contribution in [0.1, 0.15) is 41.0 Å². The van der Waals surface area contributed by atoms with Gasteiger partial charge < -0.3 is 19.3 Å². The average Bonchev–Trinajstić information content (AvgIpc) is 2.91. The fourth-order valence-electron chi connectivity index (χ4n) is 2.37. The van der Waals surface area contributed by atoms with Crippen LogP contribution in [0.5, 0.6) is 0 Å².